The van der Waals surface area contributed by atoms with Gasteiger partial charge in [0.25, 0.3) is 0 Å². The van der Waals surface area contributed by atoms with Crippen LogP contribution in [0.15, 0.2) is 58.9 Å². The number of imidazole rings is 1. The first-order chi connectivity index (χ1) is 9.79. The van der Waals surface area contributed by atoms with Crippen LogP contribution < -0.4 is 5.32 Å². The topological polar surface area (TPSA) is 29.9 Å². The van der Waals surface area contributed by atoms with Crippen LogP contribution >= 0.6 is 27.3 Å². The Morgan fingerprint density at radius 3 is 2.95 bits per heavy atom. The van der Waals surface area contributed by atoms with Gasteiger partial charge in [-0.05, 0) is 45.8 Å². The Morgan fingerprint density at radius 2 is 2.20 bits per heavy atom. The van der Waals surface area contributed by atoms with Crippen molar-refractivity contribution >= 4 is 33.0 Å². The van der Waals surface area contributed by atoms with Crippen molar-refractivity contribution in [1.82, 2.24) is 9.55 Å². The molecule has 0 spiro atoms. The van der Waals surface area contributed by atoms with Crippen molar-refractivity contribution in [3.63, 3.8) is 0 Å². The summed E-state index contributed by atoms with van der Waals surface area (Å²) in [6, 6.07) is 12.7. The maximum Gasteiger partial charge on any atom is 0.0949 e. The zero-order valence-corrected chi connectivity index (χ0v) is 13.2. The van der Waals surface area contributed by atoms with Crippen LogP contribution in [-0.4, -0.2) is 9.55 Å². The van der Waals surface area contributed by atoms with Crippen molar-refractivity contribution in [2.24, 2.45) is 0 Å². The maximum atomic E-state index is 4.06. The van der Waals surface area contributed by atoms with Gasteiger partial charge in [-0.15, -0.1) is 11.3 Å². The van der Waals surface area contributed by atoms with E-state index in [9.17, 15) is 0 Å². The van der Waals surface area contributed by atoms with Gasteiger partial charge in [0.1, 0.15) is 0 Å². The number of benzene rings is 1. The van der Waals surface area contributed by atoms with E-state index < -0.39 is 0 Å². The second kappa shape index (κ2) is 6.24. The lowest BCUT2D eigenvalue weighted by Crippen LogP contribution is -2.00. The molecule has 1 aromatic carbocycles. The third kappa shape index (κ3) is 3.49. The maximum absolute atomic E-state index is 4.06. The van der Waals surface area contributed by atoms with Crippen LogP contribution in [-0.2, 0) is 13.1 Å². The summed E-state index contributed by atoms with van der Waals surface area (Å²) in [5.41, 5.74) is 2.41. The molecule has 0 aliphatic carbocycles. The van der Waals surface area contributed by atoms with E-state index in [1.807, 2.05) is 12.5 Å². The van der Waals surface area contributed by atoms with E-state index in [0.717, 1.165) is 18.8 Å². The highest BCUT2D eigenvalue weighted by atomic mass is 79.9. The highest BCUT2D eigenvalue weighted by Gasteiger charge is 2.00. The minimum absolute atomic E-state index is 0.847. The molecular formula is C15H14BrN3S. The number of anilines is 1. The molecule has 3 rings (SSSR count). The van der Waals surface area contributed by atoms with E-state index in [4.69, 9.17) is 0 Å². The summed E-state index contributed by atoms with van der Waals surface area (Å²) in [5, 5.41) is 3.46. The molecule has 5 heteroatoms. The third-order valence-electron chi connectivity index (χ3n) is 2.95. The normalized spacial score (nSPS) is 10.7. The van der Waals surface area contributed by atoms with Gasteiger partial charge in [0.2, 0.25) is 0 Å². The van der Waals surface area contributed by atoms with Crippen LogP contribution in [0.5, 0.6) is 0 Å². The molecule has 2 aromatic heterocycles. The van der Waals surface area contributed by atoms with Gasteiger partial charge in [-0.3, -0.25) is 0 Å². The second-order valence-corrected chi connectivity index (χ2v) is 7.04. The molecule has 102 valence electrons. The lowest BCUT2D eigenvalue weighted by molar-refractivity contribution is 0.797. The summed E-state index contributed by atoms with van der Waals surface area (Å²) in [6.45, 7) is 1.70. The van der Waals surface area contributed by atoms with E-state index >= 15 is 0 Å². The fourth-order valence-corrected chi connectivity index (χ4v) is 3.43. The van der Waals surface area contributed by atoms with Crippen LogP contribution in [0.4, 0.5) is 5.69 Å². The fraction of sp³-hybridized carbons (Fsp3) is 0.133. The minimum Gasteiger partial charge on any atom is -0.380 e. The molecule has 0 atom stereocenters. The van der Waals surface area contributed by atoms with Crippen LogP contribution in [0.25, 0.3) is 0 Å². The lowest BCUT2D eigenvalue weighted by atomic mass is 10.2. The van der Waals surface area contributed by atoms with Gasteiger partial charge in [0.05, 0.1) is 10.1 Å². The van der Waals surface area contributed by atoms with Crippen LogP contribution in [0.3, 0.4) is 0 Å². The number of halogens is 1. The van der Waals surface area contributed by atoms with Gasteiger partial charge in [0, 0.05) is 36.0 Å². The number of thiophene rings is 1. The zero-order valence-electron chi connectivity index (χ0n) is 10.8. The number of rotatable bonds is 5. The first kappa shape index (κ1) is 13.4. The molecule has 0 aliphatic rings. The molecule has 0 radical (unpaired) electrons. The SMILES string of the molecule is Brc1ccc(CNc2cccc(Cn3ccnc3)c2)s1. The third-order valence-corrected chi connectivity index (χ3v) is 4.57. The van der Waals surface area contributed by atoms with E-state index in [1.165, 1.54) is 14.2 Å². The number of aromatic nitrogens is 2. The first-order valence-electron chi connectivity index (χ1n) is 6.32. The number of hydrogen-bond acceptors (Lipinski definition) is 3. The molecule has 3 nitrogen and oxygen atoms in total. The predicted octanol–water partition coefficient (Wildman–Crippen LogP) is 4.37. The highest BCUT2D eigenvalue weighted by Crippen LogP contribution is 2.23. The molecule has 0 fully saturated rings. The van der Waals surface area contributed by atoms with Gasteiger partial charge in [-0.25, -0.2) is 4.98 Å². The van der Waals surface area contributed by atoms with Crippen molar-refractivity contribution in [2.45, 2.75) is 13.1 Å². The molecule has 0 aliphatic heterocycles. The Bertz CT molecular complexity index is 676. The smallest absolute Gasteiger partial charge is 0.0949 e. The average Bonchev–Trinajstić information content (AvgIpc) is 3.09. The summed E-state index contributed by atoms with van der Waals surface area (Å²) in [5.74, 6) is 0. The van der Waals surface area contributed by atoms with Crippen molar-refractivity contribution in [2.75, 3.05) is 5.32 Å². The minimum atomic E-state index is 0.847. The van der Waals surface area contributed by atoms with Crippen LogP contribution in [0.2, 0.25) is 0 Å². The standard InChI is InChI=1S/C15H14BrN3S/c16-15-5-4-14(20-15)9-18-13-3-1-2-12(8-13)10-19-7-6-17-11-19/h1-8,11,18H,9-10H2. The monoisotopic (exact) mass is 347 g/mol. The van der Waals surface area contributed by atoms with E-state index in [1.54, 1.807) is 17.5 Å². The average molecular weight is 348 g/mol. The summed E-state index contributed by atoms with van der Waals surface area (Å²) < 4.78 is 3.23. The van der Waals surface area contributed by atoms with Crippen molar-refractivity contribution < 1.29 is 0 Å². The number of nitrogens with one attached hydrogen (secondary N) is 1. The zero-order chi connectivity index (χ0) is 13.8. The Morgan fingerprint density at radius 1 is 1.25 bits per heavy atom. The summed E-state index contributed by atoms with van der Waals surface area (Å²) in [7, 11) is 0. The fourth-order valence-electron chi connectivity index (χ4n) is 2.01. The molecule has 20 heavy (non-hydrogen) atoms. The Balaban J connectivity index is 1.65. The summed E-state index contributed by atoms with van der Waals surface area (Å²) in [6.07, 6.45) is 5.61. The van der Waals surface area contributed by atoms with E-state index in [0.29, 0.717) is 0 Å². The van der Waals surface area contributed by atoms with Gasteiger partial charge < -0.3 is 9.88 Å². The van der Waals surface area contributed by atoms with Gasteiger partial charge in [-0.1, -0.05) is 12.1 Å². The van der Waals surface area contributed by atoms with Crippen LogP contribution in [0, 0.1) is 0 Å². The molecule has 0 saturated heterocycles. The second-order valence-electron chi connectivity index (χ2n) is 4.49. The molecule has 0 unspecified atom stereocenters. The molecule has 0 bridgehead atoms. The molecule has 0 amide bonds. The summed E-state index contributed by atoms with van der Waals surface area (Å²) in [4.78, 5) is 5.38. The Kier molecular flexibility index (Phi) is 4.18. The molecule has 0 saturated carbocycles. The molecule has 3 aromatic rings. The molecular weight excluding hydrogens is 334 g/mol. The van der Waals surface area contributed by atoms with E-state index in [2.05, 4.69) is 67.2 Å². The van der Waals surface area contributed by atoms with Crippen molar-refractivity contribution in [3.05, 3.63) is 69.3 Å². The van der Waals surface area contributed by atoms with Crippen LogP contribution in [0.1, 0.15) is 10.4 Å². The van der Waals surface area contributed by atoms with E-state index in [-0.39, 0.29) is 0 Å². The molecule has 1 N–H and O–H groups in total. The Labute approximate surface area is 130 Å². The predicted molar refractivity (Wildman–Crippen MR) is 87.1 cm³/mol. The lowest BCUT2D eigenvalue weighted by Gasteiger charge is -2.08. The largest absolute Gasteiger partial charge is 0.380 e. The van der Waals surface area contributed by atoms with Gasteiger partial charge in [-0.2, -0.15) is 0 Å². The van der Waals surface area contributed by atoms with Crippen molar-refractivity contribution in [3.8, 4) is 0 Å². The van der Waals surface area contributed by atoms with Gasteiger partial charge >= 0.3 is 0 Å². The number of nitrogens with zero attached hydrogens (tertiary/aromatic N) is 2. The summed E-state index contributed by atoms with van der Waals surface area (Å²) >= 11 is 5.24. The van der Waals surface area contributed by atoms with Crippen molar-refractivity contribution in [1.29, 1.82) is 0 Å². The Hall–Kier alpha value is -1.59. The number of hydrogen-bond donors (Lipinski definition) is 1. The quantitative estimate of drug-likeness (QED) is 0.742. The highest BCUT2D eigenvalue weighted by molar-refractivity contribution is 9.11. The first-order valence-corrected chi connectivity index (χ1v) is 7.93. The van der Waals surface area contributed by atoms with Gasteiger partial charge in [0.15, 0.2) is 0 Å². The molecule has 2 heterocycles.